The molecule has 2 aromatic heterocycles. The van der Waals surface area contributed by atoms with Gasteiger partial charge in [0.05, 0.1) is 0 Å². The Morgan fingerprint density at radius 1 is 1.22 bits per heavy atom. The zero-order valence-electron chi connectivity index (χ0n) is 13.3. The molecule has 2 heterocycles. The van der Waals surface area contributed by atoms with Crippen molar-refractivity contribution < 1.29 is 4.79 Å². The van der Waals surface area contributed by atoms with Gasteiger partial charge in [-0.25, -0.2) is 4.98 Å². The van der Waals surface area contributed by atoms with Crippen LogP contribution >= 0.6 is 0 Å². The Labute approximate surface area is 135 Å². The molecule has 5 heteroatoms. The number of benzene rings is 1. The maximum absolute atomic E-state index is 11.5. The van der Waals surface area contributed by atoms with Gasteiger partial charge >= 0.3 is 0 Å². The van der Waals surface area contributed by atoms with Crippen molar-refractivity contribution in [3.05, 3.63) is 59.9 Å². The summed E-state index contributed by atoms with van der Waals surface area (Å²) in [5, 5.41) is 4.60. The summed E-state index contributed by atoms with van der Waals surface area (Å²) in [6.45, 7) is 2.88. The van der Waals surface area contributed by atoms with Crippen molar-refractivity contribution >= 4 is 22.6 Å². The fourth-order valence-corrected chi connectivity index (χ4v) is 2.56. The van der Waals surface area contributed by atoms with E-state index in [-0.39, 0.29) is 5.91 Å². The lowest BCUT2D eigenvalue weighted by atomic mass is 10.1. The molecule has 118 valence electrons. The highest BCUT2D eigenvalue weighted by Gasteiger charge is 2.08. The predicted octanol–water partition coefficient (Wildman–Crippen LogP) is 3.15. The van der Waals surface area contributed by atoms with Gasteiger partial charge in [-0.1, -0.05) is 18.2 Å². The zero-order valence-corrected chi connectivity index (χ0v) is 13.3. The number of amides is 1. The first-order valence-corrected chi connectivity index (χ1v) is 7.59. The summed E-state index contributed by atoms with van der Waals surface area (Å²) in [4.78, 5) is 20.6. The van der Waals surface area contributed by atoms with Crippen LogP contribution in [0.25, 0.3) is 11.0 Å². The van der Waals surface area contributed by atoms with Crippen LogP contribution < -0.4 is 5.32 Å². The van der Waals surface area contributed by atoms with Crippen LogP contribution in [-0.4, -0.2) is 27.8 Å². The van der Waals surface area contributed by atoms with Crippen LogP contribution in [0.3, 0.4) is 0 Å². The summed E-state index contributed by atoms with van der Waals surface area (Å²) in [5.74, 6) is 0.0583. The Morgan fingerprint density at radius 2 is 2.04 bits per heavy atom. The summed E-state index contributed by atoms with van der Waals surface area (Å²) in [5.41, 5.74) is 4.23. The van der Waals surface area contributed by atoms with E-state index in [0.717, 1.165) is 22.3 Å². The van der Waals surface area contributed by atoms with Crippen molar-refractivity contribution in [1.29, 1.82) is 0 Å². The second kappa shape index (κ2) is 6.52. The summed E-state index contributed by atoms with van der Waals surface area (Å²) in [6, 6.07) is 12.1. The lowest BCUT2D eigenvalue weighted by molar-refractivity contribution is -0.128. The van der Waals surface area contributed by atoms with Crippen LogP contribution in [0.5, 0.6) is 0 Å². The molecular formula is C18H20N4O. The topological polar surface area (TPSA) is 61.0 Å². The van der Waals surface area contributed by atoms with Crippen molar-refractivity contribution in [1.82, 2.24) is 14.9 Å². The number of hydrogen-bond acceptors (Lipinski definition) is 3. The third kappa shape index (κ3) is 3.34. The first kappa shape index (κ1) is 15.1. The molecule has 5 nitrogen and oxygen atoms in total. The standard InChI is InChI=1S/C18H20N4O/c1-13(23)22(2)12-15-5-3-4-6-17(15)21-11-14-7-9-19-18-16(14)8-10-20-18/h3-10,21H,11-12H2,1-2H3,(H,19,20). The number of carbonyl (C=O) groups excluding carboxylic acids is 1. The number of anilines is 1. The van der Waals surface area contributed by atoms with E-state index in [1.165, 1.54) is 5.56 Å². The molecule has 0 aliphatic rings. The van der Waals surface area contributed by atoms with E-state index in [4.69, 9.17) is 0 Å². The van der Waals surface area contributed by atoms with Crippen LogP contribution in [0.1, 0.15) is 18.1 Å². The van der Waals surface area contributed by atoms with Crippen LogP contribution in [0.15, 0.2) is 48.8 Å². The molecule has 0 spiro atoms. The number of H-pyrrole nitrogens is 1. The van der Waals surface area contributed by atoms with E-state index < -0.39 is 0 Å². The van der Waals surface area contributed by atoms with Crippen molar-refractivity contribution in [2.75, 3.05) is 12.4 Å². The smallest absolute Gasteiger partial charge is 0.219 e. The van der Waals surface area contributed by atoms with Gasteiger partial charge in [0.25, 0.3) is 0 Å². The molecule has 23 heavy (non-hydrogen) atoms. The second-order valence-electron chi connectivity index (χ2n) is 5.60. The Kier molecular flexibility index (Phi) is 4.28. The van der Waals surface area contributed by atoms with E-state index in [2.05, 4.69) is 15.3 Å². The van der Waals surface area contributed by atoms with E-state index >= 15 is 0 Å². The highest BCUT2D eigenvalue weighted by molar-refractivity contribution is 5.79. The number of nitrogens with zero attached hydrogens (tertiary/aromatic N) is 2. The number of rotatable bonds is 5. The Bertz CT molecular complexity index is 825. The molecule has 0 bridgehead atoms. The minimum absolute atomic E-state index is 0.0583. The predicted molar refractivity (Wildman–Crippen MR) is 92.0 cm³/mol. The number of hydrogen-bond donors (Lipinski definition) is 2. The third-order valence-electron chi connectivity index (χ3n) is 3.98. The summed E-state index contributed by atoms with van der Waals surface area (Å²) < 4.78 is 0. The SMILES string of the molecule is CC(=O)N(C)Cc1ccccc1NCc1ccnc2[nH]ccc12. The first-order valence-electron chi connectivity index (χ1n) is 7.59. The Balaban J connectivity index is 1.78. The second-order valence-corrected chi connectivity index (χ2v) is 5.60. The van der Waals surface area contributed by atoms with Gasteiger partial charge in [-0.3, -0.25) is 4.79 Å². The summed E-state index contributed by atoms with van der Waals surface area (Å²) in [7, 11) is 1.81. The molecule has 1 aromatic carbocycles. The van der Waals surface area contributed by atoms with Gasteiger partial charge in [0.15, 0.2) is 0 Å². The molecule has 0 atom stereocenters. The van der Waals surface area contributed by atoms with Crippen LogP contribution in [0, 0.1) is 0 Å². The molecule has 3 rings (SSSR count). The number of fused-ring (bicyclic) bond motifs is 1. The molecule has 2 N–H and O–H groups in total. The van der Waals surface area contributed by atoms with E-state index in [1.54, 1.807) is 11.8 Å². The number of carbonyl (C=O) groups is 1. The fraction of sp³-hybridized carbons (Fsp3) is 0.222. The molecule has 1 amide bonds. The molecule has 0 aliphatic carbocycles. The summed E-state index contributed by atoms with van der Waals surface area (Å²) >= 11 is 0. The van der Waals surface area contributed by atoms with Gasteiger partial charge in [-0.2, -0.15) is 0 Å². The van der Waals surface area contributed by atoms with E-state index in [1.807, 2.05) is 55.8 Å². The monoisotopic (exact) mass is 308 g/mol. The third-order valence-corrected chi connectivity index (χ3v) is 3.98. The minimum atomic E-state index is 0.0583. The lowest BCUT2D eigenvalue weighted by Gasteiger charge is -2.18. The molecule has 0 aliphatic heterocycles. The van der Waals surface area contributed by atoms with Crippen LogP contribution in [0.2, 0.25) is 0 Å². The molecule has 3 aromatic rings. The number of para-hydroxylation sites is 1. The van der Waals surface area contributed by atoms with Gasteiger partial charge in [0, 0.05) is 50.5 Å². The van der Waals surface area contributed by atoms with Gasteiger partial charge in [-0.05, 0) is 29.3 Å². The van der Waals surface area contributed by atoms with Crippen molar-refractivity contribution in [2.24, 2.45) is 0 Å². The molecular weight excluding hydrogens is 288 g/mol. The summed E-state index contributed by atoms with van der Waals surface area (Å²) in [6.07, 6.45) is 3.71. The number of nitrogens with one attached hydrogen (secondary N) is 2. The van der Waals surface area contributed by atoms with Crippen molar-refractivity contribution in [3.8, 4) is 0 Å². The maximum atomic E-state index is 11.5. The quantitative estimate of drug-likeness (QED) is 0.761. The number of aromatic nitrogens is 2. The van der Waals surface area contributed by atoms with E-state index in [0.29, 0.717) is 13.1 Å². The highest BCUT2D eigenvalue weighted by Crippen LogP contribution is 2.20. The number of pyridine rings is 1. The largest absolute Gasteiger partial charge is 0.381 e. The highest BCUT2D eigenvalue weighted by atomic mass is 16.2. The first-order chi connectivity index (χ1) is 11.1. The molecule has 0 saturated heterocycles. The minimum Gasteiger partial charge on any atom is -0.381 e. The normalized spacial score (nSPS) is 10.7. The van der Waals surface area contributed by atoms with Crippen molar-refractivity contribution in [3.63, 3.8) is 0 Å². The van der Waals surface area contributed by atoms with Crippen LogP contribution in [-0.2, 0) is 17.9 Å². The molecule has 0 fully saturated rings. The molecule has 0 unspecified atom stereocenters. The lowest BCUT2D eigenvalue weighted by Crippen LogP contribution is -2.23. The Hall–Kier alpha value is -2.82. The van der Waals surface area contributed by atoms with Gasteiger partial charge in [-0.15, -0.1) is 0 Å². The fourth-order valence-electron chi connectivity index (χ4n) is 2.56. The number of aromatic amines is 1. The van der Waals surface area contributed by atoms with Gasteiger partial charge < -0.3 is 15.2 Å². The van der Waals surface area contributed by atoms with Gasteiger partial charge in [0.1, 0.15) is 5.65 Å². The maximum Gasteiger partial charge on any atom is 0.219 e. The van der Waals surface area contributed by atoms with Gasteiger partial charge in [0.2, 0.25) is 5.91 Å². The van der Waals surface area contributed by atoms with Crippen molar-refractivity contribution in [2.45, 2.75) is 20.0 Å². The Morgan fingerprint density at radius 3 is 2.87 bits per heavy atom. The molecule has 0 radical (unpaired) electrons. The van der Waals surface area contributed by atoms with E-state index in [9.17, 15) is 4.79 Å². The van der Waals surface area contributed by atoms with Crippen LogP contribution in [0.4, 0.5) is 5.69 Å². The zero-order chi connectivity index (χ0) is 16.2. The molecule has 0 saturated carbocycles. The average molecular weight is 308 g/mol. The average Bonchev–Trinajstić information content (AvgIpc) is 3.03.